The Morgan fingerprint density at radius 2 is 2.09 bits per heavy atom. The van der Waals surface area contributed by atoms with Gasteiger partial charge in [0.15, 0.2) is 0 Å². The summed E-state index contributed by atoms with van der Waals surface area (Å²) in [6.07, 6.45) is 4.23. The van der Waals surface area contributed by atoms with Gasteiger partial charge in [0.2, 0.25) is 0 Å². The van der Waals surface area contributed by atoms with Crippen molar-refractivity contribution in [2.75, 3.05) is 7.05 Å². The highest BCUT2D eigenvalue weighted by Crippen LogP contribution is 2.19. The van der Waals surface area contributed by atoms with Crippen molar-refractivity contribution in [2.24, 2.45) is 5.92 Å². The second-order valence-corrected chi connectivity index (χ2v) is 3.90. The maximum atomic E-state index is 3.76. The minimum Gasteiger partial charge on any atom is -0.314 e. The first kappa shape index (κ1) is 10.7. The molecule has 0 bridgehead atoms. The molecule has 0 saturated heterocycles. The molecule has 1 unspecified atom stereocenters. The highest BCUT2D eigenvalue weighted by molar-refractivity contribution is 4.89. The van der Waals surface area contributed by atoms with Crippen molar-refractivity contribution in [3.05, 3.63) is 12.7 Å². The molecule has 0 amide bonds. The maximum Gasteiger partial charge on any atom is 0.0187 e. The Balaban J connectivity index is 3.97. The van der Waals surface area contributed by atoms with Crippen molar-refractivity contribution in [2.45, 2.75) is 39.2 Å². The molecule has 0 radical (unpaired) electrons. The molecule has 1 heteroatoms. The van der Waals surface area contributed by atoms with E-state index in [1.165, 1.54) is 6.42 Å². The molecule has 66 valence electrons. The van der Waals surface area contributed by atoms with E-state index in [1.807, 2.05) is 13.1 Å². The Hall–Kier alpha value is -0.300. The lowest BCUT2D eigenvalue weighted by molar-refractivity contribution is 0.315. The van der Waals surface area contributed by atoms with Gasteiger partial charge in [-0.15, -0.1) is 6.58 Å². The lowest BCUT2D eigenvalue weighted by atomic mass is 9.88. The Kier molecular flexibility index (Phi) is 4.43. The minimum atomic E-state index is 0.246. The van der Waals surface area contributed by atoms with E-state index in [0.717, 1.165) is 12.3 Å². The predicted octanol–water partition coefficient (Wildman–Crippen LogP) is 2.59. The molecule has 0 aromatic rings. The van der Waals surface area contributed by atoms with Crippen molar-refractivity contribution in [3.8, 4) is 0 Å². The smallest absolute Gasteiger partial charge is 0.0187 e. The van der Waals surface area contributed by atoms with Crippen LogP contribution in [0.15, 0.2) is 12.7 Å². The summed E-state index contributed by atoms with van der Waals surface area (Å²) in [4.78, 5) is 0. The van der Waals surface area contributed by atoms with E-state index in [9.17, 15) is 0 Å². The molecular weight excluding hydrogens is 134 g/mol. The largest absolute Gasteiger partial charge is 0.314 e. The van der Waals surface area contributed by atoms with Crippen molar-refractivity contribution >= 4 is 0 Å². The lowest BCUT2D eigenvalue weighted by Gasteiger charge is -2.29. The lowest BCUT2D eigenvalue weighted by Crippen LogP contribution is -2.40. The van der Waals surface area contributed by atoms with E-state index >= 15 is 0 Å². The summed E-state index contributed by atoms with van der Waals surface area (Å²) in [7, 11) is 2.02. The number of hydrogen-bond acceptors (Lipinski definition) is 1. The first-order chi connectivity index (χ1) is 5.04. The highest BCUT2D eigenvalue weighted by atomic mass is 14.9. The minimum absolute atomic E-state index is 0.246. The Bertz CT molecular complexity index is 118. The molecule has 0 aromatic heterocycles. The first-order valence-electron chi connectivity index (χ1n) is 4.34. The van der Waals surface area contributed by atoms with Crippen LogP contribution in [0.4, 0.5) is 0 Å². The summed E-state index contributed by atoms with van der Waals surface area (Å²) in [6.45, 7) is 10.5. The second-order valence-electron chi connectivity index (χ2n) is 3.90. The summed E-state index contributed by atoms with van der Waals surface area (Å²) in [5.74, 6) is 0.743. The molecule has 0 saturated carbocycles. The average Bonchev–Trinajstić information content (AvgIpc) is 1.87. The van der Waals surface area contributed by atoms with Crippen molar-refractivity contribution in [3.63, 3.8) is 0 Å². The highest BCUT2D eigenvalue weighted by Gasteiger charge is 2.20. The van der Waals surface area contributed by atoms with Crippen LogP contribution in [0.3, 0.4) is 0 Å². The molecule has 0 aliphatic carbocycles. The van der Waals surface area contributed by atoms with Crippen molar-refractivity contribution in [1.82, 2.24) is 5.32 Å². The van der Waals surface area contributed by atoms with Gasteiger partial charge in [-0.2, -0.15) is 0 Å². The van der Waals surface area contributed by atoms with Crippen LogP contribution >= 0.6 is 0 Å². The van der Waals surface area contributed by atoms with Crippen molar-refractivity contribution in [1.29, 1.82) is 0 Å². The van der Waals surface area contributed by atoms with Gasteiger partial charge in [0.05, 0.1) is 0 Å². The summed E-state index contributed by atoms with van der Waals surface area (Å²) >= 11 is 0. The van der Waals surface area contributed by atoms with Gasteiger partial charge in [-0.05, 0) is 32.7 Å². The number of rotatable bonds is 5. The standard InChI is InChI=1S/C10H21N/c1-6-7-10(4,11-5)8-9(2)3/h6,9,11H,1,7-8H2,2-5H3. The van der Waals surface area contributed by atoms with Crippen LogP contribution in [0.2, 0.25) is 0 Å². The zero-order valence-electron chi connectivity index (χ0n) is 8.28. The van der Waals surface area contributed by atoms with Gasteiger partial charge >= 0.3 is 0 Å². The second kappa shape index (κ2) is 4.55. The van der Waals surface area contributed by atoms with Crippen LogP contribution in [0.25, 0.3) is 0 Å². The molecule has 0 spiro atoms. The fourth-order valence-electron chi connectivity index (χ4n) is 1.51. The SMILES string of the molecule is C=CCC(C)(CC(C)C)NC. The summed E-state index contributed by atoms with van der Waals surface area (Å²) in [5, 5.41) is 3.34. The van der Waals surface area contributed by atoms with E-state index in [0.29, 0.717) is 0 Å². The third kappa shape index (κ3) is 4.20. The fourth-order valence-corrected chi connectivity index (χ4v) is 1.51. The molecule has 0 heterocycles. The first-order valence-corrected chi connectivity index (χ1v) is 4.34. The van der Waals surface area contributed by atoms with Crippen LogP contribution in [0.5, 0.6) is 0 Å². The predicted molar refractivity (Wildman–Crippen MR) is 51.7 cm³/mol. The van der Waals surface area contributed by atoms with Gasteiger partial charge in [-0.25, -0.2) is 0 Å². The van der Waals surface area contributed by atoms with Crippen LogP contribution in [0.1, 0.15) is 33.6 Å². The Morgan fingerprint density at radius 1 is 1.55 bits per heavy atom. The van der Waals surface area contributed by atoms with Crippen LogP contribution in [-0.2, 0) is 0 Å². The van der Waals surface area contributed by atoms with Gasteiger partial charge < -0.3 is 5.32 Å². The summed E-state index contributed by atoms with van der Waals surface area (Å²) in [5.41, 5.74) is 0.246. The topological polar surface area (TPSA) is 12.0 Å². The van der Waals surface area contributed by atoms with Crippen molar-refractivity contribution < 1.29 is 0 Å². The molecule has 1 N–H and O–H groups in total. The monoisotopic (exact) mass is 155 g/mol. The molecule has 0 aromatic carbocycles. The number of nitrogens with one attached hydrogen (secondary N) is 1. The Morgan fingerprint density at radius 3 is 2.36 bits per heavy atom. The van der Waals surface area contributed by atoms with E-state index in [-0.39, 0.29) is 5.54 Å². The molecule has 0 aliphatic rings. The van der Waals surface area contributed by atoms with Gasteiger partial charge in [0.25, 0.3) is 0 Å². The van der Waals surface area contributed by atoms with Gasteiger partial charge in [0, 0.05) is 5.54 Å². The average molecular weight is 155 g/mol. The molecule has 0 aliphatic heterocycles. The van der Waals surface area contributed by atoms with E-state index in [4.69, 9.17) is 0 Å². The molecule has 1 nitrogen and oxygen atoms in total. The fraction of sp³-hybridized carbons (Fsp3) is 0.800. The maximum absolute atomic E-state index is 3.76. The van der Waals surface area contributed by atoms with Crippen LogP contribution in [-0.4, -0.2) is 12.6 Å². The van der Waals surface area contributed by atoms with Gasteiger partial charge in [-0.1, -0.05) is 19.9 Å². The normalized spacial score (nSPS) is 16.5. The molecule has 1 atom stereocenters. The zero-order valence-corrected chi connectivity index (χ0v) is 8.28. The third-order valence-corrected chi connectivity index (χ3v) is 2.06. The summed E-state index contributed by atoms with van der Waals surface area (Å²) in [6, 6.07) is 0. The number of hydrogen-bond donors (Lipinski definition) is 1. The molecule has 0 rings (SSSR count). The zero-order chi connectivity index (χ0) is 8.91. The van der Waals surface area contributed by atoms with E-state index in [1.54, 1.807) is 0 Å². The van der Waals surface area contributed by atoms with E-state index < -0.39 is 0 Å². The van der Waals surface area contributed by atoms with Gasteiger partial charge in [-0.3, -0.25) is 0 Å². The Labute approximate surface area is 70.9 Å². The molecule has 11 heavy (non-hydrogen) atoms. The molecule has 0 fully saturated rings. The molecular formula is C10H21N. The quantitative estimate of drug-likeness (QED) is 0.602. The van der Waals surface area contributed by atoms with Crippen LogP contribution < -0.4 is 5.32 Å². The van der Waals surface area contributed by atoms with Crippen LogP contribution in [0, 0.1) is 5.92 Å². The van der Waals surface area contributed by atoms with Gasteiger partial charge in [0.1, 0.15) is 0 Å². The summed E-state index contributed by atoms with van der Waals surface area (Å²) < 4.78 is 0. The third-order valence-electron chi connectivity index (χ3n) is 2.06. The van der Waals surface area contributed by atoms with E-state index in [2.05, 4.69) is 32.7 Å².